The standard InChI is InChI=1S/C26H17N/c27-17-20-11-13-24-22-9-5-4-8-21(22)23-12-10-19(15-25(23)26(24)16-20)14-18-6-2-1-3-7-18/h1-13,15-16H,14H2. The van der Waals surface area contributed by atoms with E-state index in [4.69, 9.17) is 0 Å². The molecule has 126 valence electrons. The van der Waals surface area contributed by atoms with Crippen LogP contribution in [0.3, 0.4) is 0 Å². The lowest BCUT2D eigenvalue weighted by molar-refractivity contribution is 1.20. The fraction of sp³-hybridized carbons (Fsp3) is 0.0385. The minimum absolute atomic E-state index is 0.701. The Bertz CT molecular complexity index is 1340. The fourth-order valence-corrected chi connectivity index (χ4v) is 4.01. The van der Waals surface area contributed by atoms with Crippen molar-refractivity contribution in [1.82, 2.24) is 0 Å². The van der Waals surface area contributed by atoms with Crippen LogP contribution >= 0.6 is 0 Å². The normalized spacial score (nSPS) is 11.1. The van der Waals surface area contributed by atoms with Gasteiger partial charge in [0.2, 0.25) is 0 Å². The van der Waals surface area contributed by atoms with Gasteiger partial charge in [-0.15, -0.1) is 0 Å². The molecular weight excluding hydrogens is 326 g/mol. The predicted molar refractivity (Wildman–Crippen MR) is 113 cm³/mol. The number of hydrogen-bond donors (Lipinski definition) is 0. The average Bonchev–Trinajstić information content (AvgIpc) is 2.74. The Morgan fingerprint density at radius 2 is 1.11 bits per heavy atom. The zero-order valence-electron chi connectivity index (χ0n) is 14.8. The van der Waals surface area contributed by atoms with Gasteiger partial charge in [0.25, 0.3) is 0 Å². The second kappa shape index (κ2) is 6.27. The van der Waals surface area contributed by atoms with E-state index in [2.05, 4.69) is 78.9 Å². The van der Waals surface area contributed by atoms with Crippen molar-refractivity contribution in [3.63, 3.8) is 0 Å². The first kappa shape index (κ1) is 15.6. The van der Waals surface area contributed by atoms with E-state index in [1.165, 1.54) is 38.1 Å². The molecule has 0 aliphatic carbocycles. The molecule has 0 spiro atoms. The number of fused-ring (bicyclic) bond motifs is 6. The SMILES string of the molecule is N#Cc1ccc2c3ccccc3c3ccc(Cc4ccccc4)cc3c2c1. The first-order valence-electron chi connectivity index (χ1n) is 9.14. The molecule has 0 N–H and O–H groups in total. The summed E-state index contributed by atoms with van der Waals surface area (Å²) in [6.45, 7) is 0. The maximum atomic E-state index is 9.38. The van der Waals surface area contributed by atoms with Gasteiger partial charge in [-0.05, 0) is 62.0 Å². The highest BCUT2D eigenvalue weighted by molar-refractivity contribution is 6.25. The van der Waals surface area contributed by atoms with Gasteiger partial charge < -0.3 is 0 Å². The molecule has 5 aromatic rings. The molecule has 0 fully saturated rings. The number of hydrogen-bond acceptors (Lipinski definition) is 1. The lowest BCUT2D eigenvalue weighted by Crippen LogP contribution is -1.90. The summed E-state index contributed by atoms with van der Waals surface area (Å²) < 4.78 is 0. The predicted octanol–water partition coefficient (Wildman–Crippen LogP) is 6.61. The van der Waals surface area contributed by atoms with Crippen LogP contribution in [0.25, 0.3) is 32.3 Å². The quantitative estimate of drug-likeness (QED) is 0.331. The lowest BCUT2D eigenvalue weighted by atomic mass is 9.91. The van der Waals surface area contributed by atoms with Gasteiger partial charge in [-0.1, -0.05) is 78.9 Å². The van der Waals surface area contributed by atoms with E-state index >= 15 is 0 Å². The summed E-state index contributed by atoms with van der Waals surface area (Å²) in [7, 11) is 0. The van der Waals surface area contributed by atoms with Crippen LogP contribution in [0.2, 0.25) is 0 Å². The zero-order valence-corrected chi connectivity index (χ0v) is 14.8. The van der Waals surface area contributed by atoms with Crippen LogP contribution in [0.15, 0.2) is 91.0 Å². The largest absolute Gasteiger partial charge is 0.192 e. The van der Waals surface area contributed by atoms with Crippen molar-refractivity contribution < 1.29 is 0 Å². The second-order valence-electron chi connectivity index (χ2n) is 6.96. The molecule has 0 aromatic heterocycles. The van der Waals surface area contributed by atoms with Crippen LogP contribution in [-0.2, 0) is 6.42 Å². The molecule has 0 bridgehead atoms. The third kappa shape index (κ3) is 2.63. The highest BCUT2D eigenvalue weighted by atomic mass is 14.2. The van der Waals surface area contributed by atoms with E-state index in [-0.39, 0.29) is 0 Å². The van der Waals surface area contributed by atoms with Gasteiger partial charge in [-0.3, -0.25) is 0 Å². The Balaban J connectivity index is 1.84. The minimum atomic E-state index is 0.701. The summed E-state index contributed by atoms with van der Waals surface area (Å²) in [6.07, 6.45) is 0.906. The maximum Gasteiger partial charge on any atom is 0.0991 e. The van der Waals surface area contributed by atoms with Crippen molar-refractivity contribution in [2.24, 2.45) is 0 Å². The van der Waals surface area contributed by atoms with Gasteiger partial charge >= 0.3 is 0 Å². The summed E-state index contributed by atoms with van der Waals surface area (Å²) in [6, 6.07) is 34.1. The molecular formula is C26H17N. The molecule has 0 heterocycles. The average molecular weight is 343 g/mol. The van der Waals surface area contributed by atoms with E-state index in [9.17, 15) is 5.26 Å². The van der Waals surface area contributed by atoms with E-state index in [0.29, 0.717) is 5.56 Å². The molecule has 0 amide bonds. The molecule has 5 rings (SSSR count). The molecule has 0 saturated carbocycles. The molecule has 1 nitrogen and oxygen atoms in total. The van der Waals surface area contributed by atoms with Crippen LogP contribution in [-0.4, -0.2) is 0 Å². The molecule has 1 heteroatoms. The van der Waals surface area contributed by atoms with E-state index in [1.54, 1.807) is 0 Å². The highest BCUT2D eigenvalue weighted by Crippen LogP contribution is 2.36. The van der Waals surface area contributed by atoms with Crippen molar-refractivity contribution in [1.29, 1.82) is 5.26 Å². The van der Waals surface area contributed by atoms with E-state index in [1.807, 2.05) is 18.2 Å². The number of benzene rings is 5. The van der Waals surface area contributed by atoms with Gasteiger partial charge in [0.05, 0.1) is 11.6 Å². The third-order valence-corrected chi connectivity index (χ3v) is 5.28. The first-order valence-corrected chi connectivity index (χ1v) is 9.14. The molecule has 0 aliphatic heterocycles. The van der Waals surface area contributed by atoms with Gasteiger partial charge in [0, 0.05) is 0 Å². The molecule has 27 heavy (non-hydrogen) atoms. The lowest BCUT2D eigenvalue weighted by Gasteiger charge is -2.12. The minimum Gasteiger partial charge on any atom is -0.192 e. The van der Waals surface area contributed by atoms with Gasteiger partial charge in [0.1, 0.15) is 0 Å². The summed E-state index contributed by atoms with van der Waals surface area (Å²) in [5.74, 6) is 0. The monoisotopic (exact) mass is 343 g/mol. The number of rotatable bonds is 2. The molecule has 0 unspecified atom stereocenters. The Morgan fingerprint density at radius 1 is 0.519 bits per heavy atom. The second-order valence-corrected chi connectivity index (χ2v) is 6.96. The van der Waals surface area contributed by atoms with Crippen molar-refractivity contribution in [3.05, 3.63) is 108 Å². The molecule has 0 atom stereocenters. The Hall–Kier alpha value is -3.63. The van der Waals surface area contributed by atoms with E-state index in [0.717, 1.165) is 11.8 Å². The Kier molecular flexibility index (Phi) is 3.62. The Morgan fingerprint density at radius 3 is 1.81 bits per heavy atom. The summed E-state index contributed by atoms with van der Waals surface area (Å²) in [4.78, 5) is 0. The number of nitriles is 1. The van der Waals surface area contributed by atoms with Crippen LogP contribution in [0.4, 0.5) is 0 Å². The molecule has 0 radical (unpaired) electrons. The maximum absolute atomic E-state index is 9.38. The number of nitrogens with zero attached hydrogens (tertiary/aromatic N) is 1. The van der Waals surface area contributed by atoms with Crippen molar-refractivity contribution in [2.45, 2.75) is 6.42 Å². The topological polar surface area (TPSA) is 23.8 Å². The van der Waals surface area contributed by atoms with Crippen molar-refractivity contribution in [2.75, 3.05) is 0 Å². The Labute approximate surface area is 158 Å². The molecule has 0 aliphatic rings. The van der Waals surface area contributed by atoms with Gasteiger partial charge in [-0.25, -0.2) is 0 Å². The fourth-order valence-electron chi connectivity index (χ4n) is 4.01. The van der Waals surface area contributed by atoms with Gasteiger partial charge in [0.15, 0.2) is 0 Å². The van der Waals surface area contributed by atoms with Gasteiger partial charge in [-0.2, -0.15) is 5.26 Å². The van der Waals surface area contributed by atoms with Crippen LogP contribution < -0.4 is 0 Å². The zero-order chi connectivity index (χ0) is 18.2. The van der Waals surface area contributed by atoms with E-state index < -0.39 is 0 Å². The summed E-state index contributed by atoms with van der Waals surface area (Å²) >= 11 is 0. The van der Waals surface area contributed by atoms with Crippen LogP contribution in [0.1, 0.15) is 16.7 Å². The smallest absolute Gasteiger partial charge is 0.0991 e. The first-order chi connectivity index (χ1) is 13.3. The highest BCUT2D eigenvalue weighted by Gasteiger charge is 2.10. The van der Waals surface area contributed by atoms with Crippen molar-refractivity contribution >= 4 is 32.3 Å². The molecule has 0 saturated heterocycles. The molecule has 5 aromatic carbocycles. The third-order valence-electron chi connectivity index (χ3n) is 5.28. The van der Waals surface area contributed by atoms with Crippen LogP contribution in [0.5, 0.6) is 0 Å². The summed E-state index contributed by atoms with van der Waals surface area (Å²) in [5.41, 5.74) is 3.29. The van der Waals surface area contributed by atoms with Crippen molar-refractivity contribution in [3.8, 4) is 6.07 Å². The summed E-state index contributed by atoms with van der Waals surface area (Å²) in [5, 5.41) is 16.7. The van der Waals surface area contributed by atoms with Crippen LogP contribution in [0, 0.1) is 11.3 Å².